The van der Waals surface area contributed by atoms with Crippen molar-refractivity contribution in [2.75, 3.05) is 0 Å². The molecule has 0 amide bonds. The van der Waals surface area contributed by atoms with Gasteiger partial charge in [-0.1, -0.05) is 31.2 Å². The molecule has 1 aliphatic rings. The van der Waals surface area contributed by atoms with Crippen LogP contribution < -0.4 is 5.73 Å². The molecule has 1 aliphatic carbocycles. The highest BCUT2D eigenvalue weighted by molar-refractivity contribution is 6.26. The molecule has 0 atom stereocenters. The van der Waals surface area contributed by atoms with Crippen molar-refractivity contribution in [1.29, 1.82) is 0 Å². The third-order valence-corrected chi connectivity index (χ3v) is 2.61. The van der Waals surface area contributed by atoms with Crippen LogP contribution in [0.2, 0.25) is 0 Å². The van der Waals surface area contributed by atoms with Gasteiger partial charge < -0.3 is 5.73 Å². The molecule has 0 radical (unpaired) electrons. The van der Waals surface area contributed by atoms with Gasteiger partial charge in [0, 0.05) is 16.7 Å². The number of allylic oxidation sites excluding steroid dienone is 2. The zero-order valence-electron chi connectivity index (χ0n) is 8.41. The number of benzene rings is 1. The number of carbonyl (C=O) groups excluding carboxylic acids is 2. The van der Waals surface area contributed by atoms with Gasteiger partial charge in [-0.2, -0.15) is 0 Å². The Morgan fingerprint density at radius 1 is 1.07 bits per heavy atom. The van der Waals surface area contributed by atoms with Crippen molar-refractivity contribution in [2.45, 2.75) is 13.3 Å². The highest BCUT2D eigenvalue weighted by Crippen LogP contribution is 2.25. The molecule has 0 bridgehead atoms. The van der Waals surface area contributed by atoms with Crippen molar-refractivity contribution in [3.63, 3.8) is 0 Å². The normalized spacial score (nSPS) is 15.5. The molecule has 2 N–H and O–H groups in total. The maximum Gasteiger partial charge on any atom is 0.209 e. The number of rotatable bonds is 1. The molecule has 0 saturated carbocycles. The minimum Gasteiger partial charge on any atom is -0.395 e. The molecule has 1 aromatic rings. The third kappa shape index (κ3) is 1.28. The average Bonchev–Trinajstić information content (AvgIpc) is 2.27. The Kier molecular flexibility index (Phi) is 2.15. The first-order chi connectivity index (χ1) is 7.16. The van der Waals surface area contributed by atoms with E-state index in [9.17, 15) is 9.59 Å². The summed E-state index contributed by atoms with van der Waals surface area (Å²) in [5.41, 5.74) is 7.06. The molecule has 0 heterocycles. The Morgan fingerprint density at radius 3 is 2.13 bits per heavy atom. The van der Waals surface area contributed by atoms with E-state index in [-0.39, 0.29) is 17.3 Å². The zero-order valence-corrected chi connectivity index (χ0v) is 8.41. The Morgan fingerprint density at radius 2 is 1.60 bits per heavy atom. The molecule has 0 aromatic heterocycles. The number of ketones is 2. The molecule has 15 heavy (non-hydrogen) atoms. The lowest BCUT2D eigenvalue weighted by atomic mass is 9.86. The van der Waals surface area contributed by atoms with Crippen LogP contribution in [-0.4, -0.2) is 11.6 Å². The van der Waals surface area contributed by atoms with E-state index in [4.69, 9.17) is 5.73 Å². The topological polar surface area (TPSA) is 60.2 Å². The molecule has 0 unspecified atom stereocenters. The van der Waals surface area contributed by atoms with Crippen molar-refractivity contribution in [3.05, 3.63) is 46.7 Å². The number of carbonyl (C=O) groups is 2. The number of fused-ring (bicyclic) bond motifs is 1. The van der Waals surface area contributed by atoms with Crippen LogP contribution in [0, 0.1) is 0 Å². The van der Waals surface area contributed by atoms with Gasteiger partial charge in [0.25, 0.3) is 0 Å². The fourth-order valence-electron chi connectivity index (χ4n) is 1.80. The molecule has 0 aliphatic heterocycles. The lowest BCUT2D eigenvalue weighted by molar-refractivity contribution is 0.0971. The van der Waals surface area contributed by atoms with E-state index in [0.29, 0.717) is 23.1 Å². The summed E-state index contributed by atoms with van der Waals surface area (Å²) in [6.07, 6.45) is 0.491. The van der Waals surface area contributed by atoms with Crippen molar-refractivity contribution in [1.82, 2.24) is 0 Å². The zero-order chi connectivity index (χ0) is 11.0. The summed E-state index contributed by atoms with van der Waals surface area (Å²) < 4.78 is 0. The summed E-state index contributed by atoms with van der Waals surface area (Å²) in [4.78, 5) is 23.7. The van der Waals surface area contributed by atoms with Crippen molar-refractivity contribution in [2.24, 2.45) is 5.73 Å². The second kappa shape index (κ2) is 3.35. The smallest absolute Gasteiger partial charge is 0.209 e. The van der Waals surface area contributed by atoms with Crippen LogP contribution in [0.15, 0.2) is 35.5 Å². The number of Topliss-reactive ketones (excluding diaryl/α,β-unsaturated/α-hetero) is 2. The van der Waals surface area contributed by atoms with Crippen LogP contribution >= 0.6 is 0 Å². The largest absolute Gasteiger partial charge is 0.395 e. The molecule has 3 nitrogen and oxygen atoms in total. The van der Waals surface area contributed by atoms with Gasteiger partial charge in [0.15, 0.2) is 5.78 Å². The van der Waals surface area contributed by atoms with Gasteiger partial charge in [-0.25, -0.2) is 0 Å². The minimum atomic E-state index is -0.234. The third-order valence-electron chi connectivity index (χ3n) is 2.61. The Labute approximate surface area is 87.6 Å². The van der Waals surface area contributed by atoms with Crippen molar-refractivity contribution < 1.29 is 9.59 Å². The van der Waals surface area contributed by atoms with E-state index in [1.165, 1.54) is 0 Å². The van der Waals surface area contributed by atoms with Crippen LogP contribution in [0.3, 0.4) is 0 Å². The van der Waals surface area contributed by atoms with Crippen LogP contribution in [0.4, 0.5) is 0 Å². The van der Waals surface area contributed by atoms with E-state index in [1.54, 1.807) is 24.3 Å². The fraction of sp³-hybridized carbons (Fsp3) is 0.167. The summed E-state index contributed by atoms with van der Waals surface area (Å²) in [6.45, 7) is 1.82. The van der Waals surface area contributed by atoms with Gasteiger partial charge in [0.2, 0.25) is 5.78 Å². The lowest BCUT2D eigenvalue weighted by Gasteiger charge is -2.17. The van der Waals surface area contributed by atoms with Gasteiger partial charge in [-0.3, -0.25) is 9.59 Å². The summed E-state index contributed by atoms with van der Waals surface area (Å²) in [6, 6.07) is 6.78. The number of nitrogens with two attached hydrogens (primary N) is 1. The van der Waals surface area contributed by atoms with Gasteiger partial charge >= 0.3 is 0 Å². The summed E-state index contributed by atoms with van der Waals surface area (Å²) >= 11 is 0. The predicted molar refractivity (Wildman–Crippen MR) is 56.6 cm³/mol. The van der Waals surface area contributed by atoms with Crippen molar-refractivity contribution in [3.8, 4) is 0 Å². The van der Waals surface area contributed by atoms with Crippen LogP contribution in [0.5, 0.6) is 0 Å². The molecule has 0 saturated heterocycles. The van der Waals surface area contributed by atoms with Gasteiger partial charge in [0.1, 0.15) is 0 Å². The molecular formula is C12H11NO2. The highest BCUT2D eigenvalue weighted by atomic mass is 16.1. The Bertz CT molecular complexity index is 486. The average molecular weight is 201 g/mol. The van der Waals surface area contributed by atoms with Gasteiger partial charge in [-0.15, -0.1) is 0 Å². The lowest BCUT2D eigenvalue weighted by Crippen LogP contribution is -2.26. The Hall–Kier alpha value is -1.90. The maximum atomic E-state index is 11.9. The Balaban J connectivity index is 2.68. The monoisotopic (exact) mass is 201 g/mol. The van der Waals surface area contributed by atoms with Crippen LogP contribution in [-0.2, 0) is 0 Å². The summed E-state index contributed by atoms with van der Waals surface area (Å²) in [5.74, 6) is -0.354. The van der Waals surface area contributed by atoms with Gasteiger partial charge in [0.05, 0.1) is 5.70 Å². The van der Waals surface area contributed by atoms with Crippen molar-refractivity contribution >= 4 is 11.6 Å². The first-order valence-corrected chi connectivity index (χ1v) is 4.83. The van der Waals surface area contributed by atoms with E-state index in [0.717, 1.165) is 0 Å². The molecule has 1 aromatic carbocycles. The molecule has 0 fully saturated rings. The quantitative estimate of drug-likeness (QED) is 0.752. The second-order valence-corrected chi connectivity index (χ2v) is 3.45. The standard InChI is InChI=1S/C12H11NO2/c1-2-7-10(13)12(15)9-6-4-3-5-8(9)11(7)14/h3-6H,2,13H2,1H3. The summed E-state index contributed by atoms with van der Waals surface area (Å²) in [5, 5.41) is 0. The molecule has 76 valence electrons. The first-order valence-electron chi connectivity index (χ1n) is 4.83. The van der Waals surface area contributed by atoms with E-state index in [1.807, 2.05) is 6.92 Å². The molecule has 0 spiro atoms. The predicted octanol–water partition coefficient (Wildman–Crippen LogP) is 1.69. The SMILES string of the molecule is CCC1=C(N)C(=O)c2ccccc2C1=O. The number of hydrogen-bond acceptors (Lipinski definition) is 3. The first kappa shape index (κ1) is 9.65. The van der Waals surface area contributed by atoms with E-state index < -0.39 is 0 Å². The van der Waals surface area contributed by atoms with Gasteiger partial charge in [-0.05, 0) is 6.42 Å². The fourth-order valence-corrected chi connectivity index (χ4v) is 1.80. The maximum absolute atomic E-state index is 11.9. The van der Waals surface area contributed by atoms with Crippen LogP contribution in [0.25, 0.3) is 0 Å². The minimum absolute atomic E-state index is 0.0983. The van der Waals surface area contributed by atoms with E-state index >= 15 is 0 Å². The van der Waals surface area contributed by atoms with E-state index in [2.05, 4.69) is 0 Å². The molecule has 3 heteroatoms. The summed E-state index contributed by atoms with van der Waals surface area (Å²) in [7, 11) is 0. The van der Waals surface area contributed by atoms with Crippen LogP contribution in [0.1, 0.15) is 34.1 Å². The molecule has 2 rings (SSSR count). The highest BCUT2D eigenvalue weighted by Gasteiger charge is 2.28. The second-order valence-electron chi connectivity index (χ2n) is 3.45. The molecular weight excluding hydrogens is 190 g/mol. The number of hydrogen-bond donors (Lipinski definition) is 1.